The average Bonchev–Trinajstić information content (AvgIpc) is 1.84. The molecule has 0 rings (SSSR count). The fourth-order valence-corrected chi connectivity index (χ4v) is 1.37. The van der Waals surface area contributed by atoms with Gasteiger partial charge in [0, 0.05) is 6.66 Å². The lowest BCUT2D eigenvalue weighted by atomic mass is 10.5. The summed E-state index contributed by atoms with van der Waals surface area (Å²) in [6, 6.07) is 0. The first-order chi connectivity index (χ1) is 4.62. The number of nitrogens with two attached hydrogens (primary N) is 1. The Bertz CT molecular complexity index is 128. The van der Waals surface area contributed by atoms with Crippen LogP contribution in [0.3, 0.4) is 0 Å². The van der Waals surface area contributed by atoms with E-state index in [1.165, 1.54) is 6.66 Å². The van der Waals surface area contributed by atoms with Gasteiger partial charge in [-0.25, -0.2) is 5.90 Å². The molecule has 62 valence electrons. The molecule has 10 heavy (non-hydrogen) atoms. The van der Waals surface area contributed by atoms with Gasteiger partial charge in [-0.15, -0.1) is 0 Å². The van der Waals surface area contributed by atoms with Gasteiger partial charge in [-0.3, -0.25) is 9.40 Å². The summed E-state index contributed by atoms with van der Waals surface area (Å²) >= 11 is 0. The normalized spacial score (nSPS) is 16.7. The van der Waals surface area contributed by atoms with Gasteiger partial charge in [0.1, 0.15) is 6.35 Å². The standard InChI is InChI=1S/C5H14NO3P/c1-3-4-9-10(2,7)5-8-6/h3-6H2,1-2H3. The van der Waals surface area contributed by atoms with Gasteiger partial charge < -0.3 is 4.52 Å². The Morgan fingerprint density at radius 1 is 1.60 bits per heavy atom. The molecule has 0 saturated heterocycles. The minimum absolute atomic E-state index is 0.00694. The topological polar surface area (TPSA) is 61.5 Å². The Labute approximate surface area is 61.1 Å². The largest absolute Gasteiger partial charge is 0.327 e. The lowest BCUT2D eigenvalue weighted by Gasteiger charge is -2.10. The molecule has 0 heterocycles. The van der Waals surface area contributed by atoms with Gasteiger partial charge in [-0.05, 0) is 6.42 Å². The number of hydrogen-bond donors (Lipinski definition) is 1. The van der Waals surface area contributed by atoms with E-state index in [4.69, 9.17) is 10.4 Å². The van der Waals surface area contributed by atoms with Crippen molar-refractivity contribution >= 4 is 7.37 Å². The van der Waals surface area contributed by atoms with Crippen molar-refractivity contribution in [1.82, 2.24) is 0 Å². The van der Waals surface area contributed by atoms with Crippen molar-refractivity contribution in [3.63, 3.8) is 0 Å². The van der Waals surface area contributed by atoms with Crippen LogP contribution < -0.4 is 5.90 Å². The van der Waals surface area contributed by atoms with Crippen molar-refractivity contribution in [2.24, 2.45) is 5.90 Å². The summed E-state index contributed by atoms with van der Waals surface area (Å²) in [5.74, 6) is 4.73. The summed E-state index contributed by atoms with van der Waals surface area (Å²) in [7, 11) is -2.56. The Morgan fingerprint density at radius 3 is 2.60 bits per heavy atom. The van der Waals surface area contributed by atoms with Crippen molar-refractivity contribution in [1.29, 1.82) is 0 Å². The van der Waals surface area contributed by atoms with Gasteiger partial charge in [0.2, 0.25) is 7.37 Å². The van der Waals surface area contributed by atoms with Crippen LogP contribution in [0, 0.1) is 0 Å². The van der Waals surface area contributed by atoms with Crippen molar-refractivity contribution in [3.8, 4) is 0 Å². The van der Waals surface area contributed by atoms with E-state index in [0.717, 1.165) is 6.42 Å². The van der Waals surface area contributed by atoms with E-state index in [2.05, 4.69) is 4.84 Å². The minimum atomic E-state index is -2.56. The van der Waals surface area contributed by atoms with E-state index in [0.29, 0.717) is 6.61 Å². The maximum absolute atomic E-state index is 11.1. The van der Waals surface area contributed by atoms with Crippen LogP contribution in [-0.2, 0) is 13.9 Å². The van der Waals surface area contributed by atoms with E-state index in [1.54, 1.807) is 0 Å². The molecule has 0 aromatic carbocycles. The minimum Gasteiger partial charge on any atom is -0.327 e. The molecule has 0 aliphatic rings. The Balaban J connectivity index is 3.53. The molecule has 0 saturated carbocycles. The van der Waals surface area contributed by atoms with Gasteiger partial charge in [-0.1, -0.05) is 6.92 Å². The Hall–Kier alpha value is 0.110. The molecule has 0 aliphatic carbocycles. The van der Waals surface area contributed by atoms with Crippen molar-refractivity contribution in [2.45, 2.75) is 13.3 Å². The maximum Gasteiger partial charge on any atom is 0.227 e. The van der Waals surface area contributed by atoms with Gasteiger partial charge >= 0.3 is 0 Å². The highest BCUT2D eigenvalue weighted by atomic mass is 31.2. The van der Waals surface area contributed by atoms with Gasteiger partial charge in [0.15, 0.2) is 0 Å². The molecule has 1 unspecified atom stereocenters. The summed E-state index contributed by atoms with van der Waals surface area (Å²) in [4.78, 5) is 4.22. The van der Waals surface area contributed by atoms with E-state index in [9.17, 15) is 4.57 Å². The zero-order chi connectivity index (χ0) is 8.04. The first-order valence-electron chi connectivity index (χ1n) is 3.15. The highest BCUT2D eigenvalue weighted by Gasteiger charge is 2.14. The third kappa shape index (κ3) is 4.94. The molecule has 0 aromatic rings. The van der Waals surface area contributed by atoms with Crippen molar-refractivity contribution in [2.75, 3.05) is 19.6 Å². The predicted octanol–water partition coefficient (Wildman–Crippen LogP) is 1.17. The van der Waals surface area contributed by atoms with Crippen LogP contribution in [0.25, 0.3) is 0 Å². The lowest BCUT2D eigenvalue weighted by molar-refractivity contribution is 0.167. The molecule has 0 bridgehead atoms. The molecule has 2 N–H and O–H groups in total. The Morgan fingerprint density at radius 2 is 2.20 bits per heavy atom. The fraction of sp³-hybridized carbons (Fsp3) is 1.00. The van der Waals surface area contributed by atoms with E-state index in [-0.39, 0.29) is 6.35 Å². The van der Waals surface area contributed by atoms with E-state index < -0.39 is 7.37 Å². The second kappa shape index (κ2) is 4.85. The molecule has 1 atom stereocenters. The molecule has 0 amide bonds. The quantitative estimate of drug-likeness (QED) is 0.493. The van der Waals surface area contributed by atoms with Crippen LogP contribution in [0.15, 0.2) is 0 Å². The fourth-order valence-electron chi connectivity index (χ4n) is 0.457. The summed E-state index contributed by atoms with van der Waals surface area (Å²) in [6.45, 7) is 3.95. The molecular formula is C5H14NO3P. The average molecular weight is 167 g/mol. The maximum atomic E-state index is 11.1. The van der Waals surface area contributed by atoms with Crippen molar-refractivity contribution < 1.29 is 13.9 Å². The molecular weight excluding hydrogens is 153 g/mol. The smallest absolute Gasteiger partial charge is 0.227 e. The van der Waals surface area contributed by atoms with Crippen molar-refractivity contribution in [3.05, 3.63) is 0 Å². The molecule has 0 fully saturated rings. The highest BCUT2D eigenvalue weighted by molar-refractivity contribution is 7.57. The van der Waals surface area contributed by atoms with Crippen LogP contribution in [0.4, 0.5) is 0 Å². The molecule has 4 nitrogen and oxygen atoms in total. The van der Waals surface area contributed by atoms with Gasteiger partial charge in [0.25, 0.3) is 0 Å². The molecule has 5 heteroatoms. The number of rotatable bonds is 5. The summed E-state index contributed by atoms with van der Waals surface area (Å²) in [5, 5.41) is 0. The molecule has 0 aromatic heterocycles. The van der Waals surface area contributed by atoms with Crippen LogP contribution in [0.1, 0.15) is 13.3 Å². The van der Waals surface area contributed by atoms with Gasteiger partial charge in [0.05, 0.1) is 6.61 Å². The molecule has 0 aliphatic heterocycles. The van der Waals surface area contributed by atoms with Crippen LogP contribution in [-0.4, -0.2) is 19.6 Å². The predicted molar refractivity (Wildman–Crippen MR) is 39.9 cm³/mol. The first kappa shape index (κ1) is 10.1. The van der Waals surface area contributed by atoms with Crippen LogP contribution >= 0.6 is 7.37 Å². The van der Waals surface area contributed by atoms with Crippen LogP contribution in [0.2, 0.25) is 0 Å². The Kier molecular flexibility index (Phi) is 4.91. The summed E-state index contributed by atoms with van der Waals surface area (Å²) < 4.78 is 16.1. The summed E-state index contributed by atoms with van der Waals surface area (Å²) in [5.41, 5.74) is 0. The third-order valence-electron chi connectivity index (χ3n) is 0.878. The lowest BCUT2D eigenvalue weighted by Crippen LogP contribution is -2.03. The summed E-state index contributed by atoms with van der Waals surface area (Å²) in [6.07, 6.45) is 0.843. The second-order valence-electron chi connectivity index (χ2n) is 2.14. The first-order valence-corrected chi connectivity index (χ1v) is 5.41. The van der Waals surface area contributed by atoms with E-state index in [1.807, 2.05) is 6.92 Å². The van der Waals surface area contributed by atoms with Gasteiger partial charge in [-0.2, -0.15) is 0 Å². The monoisotopic (exact) mass is 167 g/mol. The molecule has 0 spiro atoms. The SMILES string of the molecule is CCCOP(C)(=O)CON. The second-order valence-corrected chi connectivity index (χ2v) is 4.69. The highest BCUT2D eigenvalue weighted by Crippen LogP contribution is 2.41. The van der Waals surface area contributed by atoms with Crippen LogP contribution in [0.5, 0.6) is 0 Å². The number of hydrogen-bond acceptors (Lipinski definition) is 4. The van der Waals surface area contributed by atoms with E-state index >= 15 is 0 Å². The zero-order valence-electron chi connectivity index (χ0n) is 6.37. The zero-order valence-corrected chi connectivity index (χ0v) is 7.27. The molecule has 0 radical (unpaired) electrons. The third-order valence-corrected chi connectivity index (χ3v) is 2.22.